The minimum Gasteiger partial charge on any atom is -0.299 e. The third kappa shape index (κ3) is 3.33. The lowest BCUT2D eigenvalue weighted by Crippen LogP contribution is -2.29. The average Bonchev–Trinajstić information content (AvgIpc) is 2.03. The Labute approximate surface area is 82.2 Å². The molecule has 0 aliphatic rings. The molecule has 0 aliphatic carbocycles. The molecule has 0 aromatic rings. The number of Topliss-reactive ketones (excluding diaryl/α,β-unsaturated/α-hetero) is 1. The number of rotatable bonds is 5. The molecule has 0 spiro atoms. The topological polar surface area (TPSA) is 17.1 Å². The molecule has 0 saturated heterocycles. The summed E-state index contributed by atoms with van der Waals surface area (Å²) in [6, 6.07) is 0. The van der Waals surface area contributed by atoms with Gasteiger partial charge in [0.1, 0.15) is 5.78 Å². The third-order valence-corrected chi connectivity index (χ3v) is 3.10. The summed E-state index contributed by atoms with van der Waals surface area (Å²) < 4.78 is 0. The zero-order valence-corrected chi connectivity index (χ0v) is 9.61. The molecule has 1 unspecified atom stereocenters. The Morgan fingerprint density at radius 3 is 2.08 bits per heavy atom. The zero-order chi connectivity index (χ0) is 10.7. The predicted octanol–water partition coefficient (Wildman–Crippen LogP) is 3.59. The molecule has 0 N–H and O–H groups in total. The Balaban J connectivity index is 4.58. The lowest BCUT2D eigenvalue weighted by molar-refractivity contribution is -0.126. The normalized spacial score (nSPS) is 16.4. The smallest absolute Gasteiger partial charge is 0.135 e. The summed E-state index contributed by atoms with van der Waals surface area (Å²) in [5, 5.41) is 0. The maximum Gasteiger partial charge on any atom is 0.135 e. The van der Waals surface area contributed by atoms with Gasteiger partial charge in [0.2, 0.25) is 0 Å². The van der Waals surface area contributed by atoms with Crippen LogP contribution in [0.2, 0.25) is 0 Å². The summed E-state index contributed by atoms with van der Waals surface area (Å²) in [4.78, 5) is 11.3. The molecule has 0 rings (SSSR count). The number of ketones is 1. The Bertz CT molecular complexity index is 200. The monoisotopic (exact) mass is 182 g/mol. The van der Waals surface area contributed by atoms with E-state index in [9.17, 15) is 4.79 Å². The highest BCUT2D eigenvalue weighted by molar-refractivity contribution is 5.81. The van der Waals surface area contributed by atoms with Crippen LogP contribution in [0.3, 0.4) is 0 Å². The van der Waals surface area contributed by atoms with Gasteiger partial charge in [-0.2, -0.15) is 0 Å². The van der Waals surface area contributed by atoms with Crippen LogP contribution >= 0.6 is 0 Å². The second-order valence-electron chi connectivity index (χ2n) is 4.83. The Kier molecular flexibility index (Phi) is 3.89. The van der Waals surface area contributed by atoms with E-state index in [1.807, 2.05) is 19.9 Å². The van der Waals surface area contributed by atoms with Crippen molar-refractivity contribution in [1.29, 1.82) is 0 Å². The highest BCUT2D eigenvalue weighted by atomic mass is 16.1. The fourth-order valence-electron chi connectivity index (χ4n) is 1.48. The van der Waals surface area contributed by atoms with Gasteiger partial charge in [-0.1, -0.05) is 33.8 Å². The molecule has 0 saturated carbocycles. The van der Waals surface area contributed by atoms with E-state index in [-0.39, 0.29) is 16.6 Å². The molecule has 76 valence electrons. The minimum absolute atomic E-state index is 0.0924. The first kappa shape index (κ1) is 12.4. The highest BCUT2D eigenvalue weighted by Crippen LogP contribution is 2.37. The number of hydrogen-bond acceptors (Lipinski definition) is 1. The SMILES string of the molecule is C=CC(C)(CC)CC(C)(C)C(C)=O. The summed E-state index contributed by atoms with van der Waals surface area (Å²) in [5.41, 5.74) is -0.131. The first-order valence-electron chi connectivity index (χ1n) is 4.92. The van der Waals surface area contributed by atoms with Crippen molar-refractivity contribution in [2.45, 2.75) is 47.5 Å². The fourth-order valence-corrected chi connectivity index (χ4v) is 1.48. The summed E-state index contributed by atoms with van der Waals surface area (Å²) in [6.45, 7) is 13.8. The van der Waals surface area contributed by atoms with Crippen molar-refractivity contribution in [2.75, 3.05) is 0 Å². The van der Waals surface area contributed by atoms with Crippen LogP contribution in [-0.4, -0.2) is 5.78 Å². The minimum atomic E-state index is -0.223. The fraction of sp³-hybridized carbons (Fsp3) is 0.750. The van der Waals surface area contributed by atoms with Gasteiger partial charge in [-0.3, -0.25) is 4.79 Å². The molecule has 0 aliphatic heterocycles. The van der Waals surface area contributed by atoms with Gasteiger partial charge in [0.15, 0.2) is 0 Å². The average molecular weight is 182 g/mol. The maximum atomic E-state index is 11.3. The summed E-state index contributed by atoms with van der Waals surface area (Å²) in [7, 11) is 0. The first-order chi connectivity index (χ1) is 5.77. The van der Waals surface area contributed by atoms with Crippen molar-refractivity contribution in [2.24, 2.45) is 10.8 Å². The summed E-state index contributed by atoms with van der Waals surface area (Å²) in [5.74, 6) is 0.258. The van der Waals surface area contributed by atoms with Crippen molar-refractivity contribution in [1.82, 2.24) is 0 Å². The van der Waals surface area contributed by atoms with Gasteiger partial charge >= 0.3 is 0 Å². The standard InChI is InChI=1S/C12H22O/c1-7-12(6,8-2)9-11(4,5)10(3)13/h7H,1,8-9H2,2-6H3. The maximum absolute atomic E-state index is 11.3. The van der Waals surface area contributed by atoms with E-state index in [0.29, 0.717) is 0 Å². The molecule has 1 nitrogen and oxygen atoms in total. The summed E-state index contributed by atoms with van der Waals surface area (Å²) in [6.07, 6.45) is 3.89. The van der Waals surface area contributed by atoms with Gasteiger partial charge in [0.25, 0.3) is 0 Å². The van der Waals surface area contributed by atoms with E-state index in [2.05, 4.69) is 20.4 Å². The van der Waals surface area contributed by atoms with Gasteiger partial charge in [0.05, 0.1) is 0 Å². The number of hydrogen-bond donors (Lipinski definition) is 0. The van der Waals surface area contributed by atoms with Crippen LogP contribution in [0.5, 0.6) is 0 Å². The quantitative estimate of drug-likeness (QED) is 0.594. The molecular formula is C12H22O. The molecule has 0 amide bonds. The Morgan fingerprint density at radius 2 is 1.85 bits per heavy atom. The number of carbonyl (C=O) groups is 1. The van der Waals surface area contributed by atoms with Gasteiger partial charge in [0, 0.05) is 5.41 Å². The van der Waals surface area contributed by atoms with Crippen LogP contribution in [0.1, 0.15) is 47.5 Å². The second kappa shape index (κ2) is 4.08. The highest BCUT2D eigenvalue weighted by Gasteiger charge is 2.32. The molecule has 13 heavy (non-hydrogen) atoms. The third-order valence-electron chi connectivity index (χ3n) is 3.10. The van der Waals surface area contributed by atoms with Crippen molar-refractivity contribution in [3.05, 3.63) is 12.7 Å². The largest absolute Gasteiger partial charge is 0.299 e. The van der Waals surface area contributed by atoms with Crippen LogP contribution in [0.15, 0.2) is 12.7 Å². The molecule has 0 aromatic heterocycles. The second-order valence-corrected chi connectivity index (χ2v) is 4.83. The van der Waals surface area contributed by atoms with Gasteiger partial charge < -0.3 is 0 Å². The Morgan fingerprint density at radius 1 is 1.38 bits per heavy atom. The molecule has 1 heteroatoms. The molecule has 0 fully saturated rings. The molecular weight excluding hydrogens is 160 g/mol. The van der Waals surface area contributed by atoms with Crippen molar-refractivity contribution >= 4 is 5.78 Å². The van der Waals surface area contributed by atoms with Crippen molar-refractivity contribution in [3.63, 3.8) is 0 Å². The number of carbonyl (C=O) groups excluding carboxylic acids is 1. The van der Waals surface area contributed by atoms with Crippen LogP contribution in [-0.2, 0) is 4.79 Å². The van der Waals surface area contributed by atoms with Crippen LogP contribution < -0.4 is 0 Å². The van der Waals surface area contributed by atoms with Crippen LogP contribution in [0, 0.1) is 10.8 Å². The van der Waals surface area contributed by atoms with Gasteiger partial charge in [-0.15, -0.1) is 6.58 Å². The van der Waals surface area contributed by atoms with E-state index in [1.54, 1.807) is 6.92 Å². The van der Waals surface area contributed by atoms with Gasteiger partial charge in [-0.25, -0.2) is 0 Å². The van der Waals surface area contributed by atoms with E-state index in [1.165, 1.54) is 0 Å². The molecule has 0 heterocycles. The zero-order valence-electron chi connectivity index (χ0n) is 9.61. The molecule has 1 atom stereocenters. The van der Waals surface area contributed by atoms with E-state index in [4.69, 9.17) is 0 Å². The van der Waals surface area contributed by atoms with Crippen molar-refractivity contribution < 1.29 is 4.79 Å². The predicted molar refractivity (Wildman–Crippen MR) is 57.7 cm³/mol. The molecule has 0 bridgehead atoms. The van der Waals surface area contributed by atoms with Crippen molar-refractivity contribution in [3.8, 4) is 0 Å². The van der Waals surface area contributed by atoms with E-state index < -0.39 is 0 Å². The van der Waals surface area contributed by atoms with Gasteiger partial charge in [-0.05, 0) is 25.2 Å². The lowest BCUT2D eigenvalue weighted by atomic mass is 9.71. The molecule has 0 radical (unpaired) electrons. The summed E-state index contributed by atoms with van der Waals surface area (Å²) >= 11 is 0. The van der Waals surface area contributed by atoms with Crippen LogP contribution in [0.25, 0.3) is 0 Å². The molecule has 0 aromatic carbocycles. The lowest BCUT2D eigenvalue weighted by Gasteiger charge is -2.33. The van der Waals surface area contributed by atoms with E-state index in [0.717, 1.165) is 12.8 Å². The Hall–Kier alpha value is -0.590. The first-order valence-corrected chi connectivity index (χ1v) is 4.92. The van der Waals surface area contributed by atoms with Crippen LogP contribution in [0.4, 0.5) is 0 Å². The van der Waals surface area contributed by atoms with E-state index >= 15 is 0 Å². The number of allylic oxidation sites excluding steroid dienone is 1.